The number of ether oxygens (including phenoxy) is 3. The van der Waals surface area contributed by atoms with Crippen molar-refractivity contribution < 1.29 is 28.5 Å². The summed E-state index contributed by atoms with van der Waals surface area (Å²) in [5, 5.41) is 10.5. The lowest BCUT2D eigenvalue weighted by Crippen LogP contribution is -2.45. The number of anilines is 1. The Labute approximate surface area is 276 Å². The summed E-state index contributed by atoms with van der Waals surface area (Å²) in [5.41, 5.74) is 5.24. The van der Waals surface area contributed by atoms with Crippen LogP contribution in [0.2, 0.25) is 0 Å². The second-order valence-electron chi connectivity index (χ2n) is 14.3. The number of pyridine rings is 1. The number of piperidine rings is 1. The number of benzene rings is 2. The van der Waals surface area contributed by atoms with Crippen LogP contribution in [-0.4, -0.2) is 57.5 Å². The van der Waals surface area contributed by atoms with E-state index in [1.165, 1.54) is 12.1 Å². The molecule has 6 bridgehead atoms. The van der Waals surface area contributed by atoms with Gasteiger partial charge in [-0.1, -0.05) is 18.2 Å². The van der Waals surface area contributed by atoms with Crippen molar-refractivity contribution in [2.24, 2.45) is 0 Å². The van der Waals surface area contributed by atoms with Gasteiger partial charge in [0.25, 0.3) is 0 Å². The molecule has 1 saturated heterocycles. The van der Waals surface area contributed by atoms with Gasteiger partial charge in [0.05, 0.1) is 28.7 Å². The number of nitrogens with zero attached hydrogens (tertiary/aromatic N) is 3. The molecule has 2 atom stereocenters. The van der Waals surface area contributed by atoms with Gasteiger partial charge in [-0.2, -0.15) is 0 Å². The molecule has 3 aliphatic rings. The van der Waals surface area contributed by atoms with Crippen LogP contribution in [0.4, 0.5) is 10.1 Å². The maximum absolute atomic E-state index is 14.5. The predicted molar refractivity (Wildman–Crippen MR) is 182 cm³/mol. The number of fused-ring (bicyclic) bond motifs is 8. The van der Waals surface area contributed by atoms with Crippen LogP contribution >= 0.6 is 0 Å². The lowest BCUT2D eigenvalue weighted by Gasteiger charge is -2.41. The van der Waals surface area contributed by atoms with Crippen molar-refractivity contribution in [3.8, 4) is 28.1 Å². The first kappa shape index (κ1) is 33.0. The summed E-state index contributed by atoms with van der Waals surface area (Å²) in [7, 11) is 0. The third kappa shape index (κ3) is 7.16. The van der Waals surface area contributed by atoms with Crippen LogP contribution in [0.25, 0.3) is 28.0 Å². The van der Waals surface area contributed by atoms with Crippen molar-refractivity contribution in [2.45, 2.75) is 97.1 Å². The zero-order valence-electron chi connectivity index (χ0n) is 28.3. The van der Waals surface area contributed by atoms with Crippen LogP contribution < -0.4 is 9.64 Å². The molecule has 0 spiro atoms. The van der Waals surface area contributed by atoms with Crippen molar-refractivity contribution >= 4 is 17.3 Å². The monoisotopic (exact) mass is 643 g/mol. The maximum Gasteiger partial charge on any atom is 0.337 e. The van der Waals surface area contributed by atoms with Gasteiger partial charge in [0, 0.05) is 54.8 Å². The molecule has 47 heavy (non-hydrogen) atoms. The average Bonchev–Trinajstić information content (AvgIpc) is 3.43. The third-order valence-electron chi connectivity index (χ3n) is 9.25. The van der Waals surface area contributed by atoms with E-state index in [1.54, 1.807) is 6.07 Å². The maximum atomic E-state index is 14.5. The lowest BCUT2D eigenvalue weighted by molar-refractivity contribution is -0.160. The fourth-order valence-electron chi connectivity index (χ4n) is 6.77. The highest BCUT2D eigenvalue weighted by atomic mass is 19.1. The number of imidazole rings is 1. The van der Waals surface area contributed by atoms with Gasteiger partial charge in [-0.05, 0) is 103 Å². The van der Waals surface area contributed by atoms with E-state index in [4.69, 9.17) is 19.2 Å². The van der Waals surface area contributed by atoms with E-state index >= 15 is 0 Å². The number of hydrogen-bond donors (Lipinski definition) is 1. The number of hydrogen-bond acceptors (Lipinski definition) is 6. The van der Waals surface area contributed by atoms with Gasteiger partial charge < -0.3 is 28.6 Å². The molecule has 8 nitrogen and oxygen atoms in total. The van der Waals surface area contributed by atoms with Gasteiger partial charge in [0.15, 0.2) is 11.8 Å². The van der Waals surface area contributed by atoms with E-state index in [1.807, 2.05) is 75.7 Å². The largest absolute Gasteiger partial charge is 0.490 e. The fourth-order valence-corrected chi connectivity index (χ4v) is 6.77. The summed E-state index contributed by atoms with van der Waals surface area (Å²) in [4.78, 5) is 20.3. The van der Waals surface area contributed by atoms with Gasteiger partial charge >= 0.3 is 5.97 Å². The molecule has 5 heterocycles. The van der Waals surface area contributed by atoms with Crippen molar-refractivity contribution in [1.82, 2.24) is 9.38 Å². The Bertz CT molecular complexity index is 1770. The molecule has 9 heteroatoms. The molecule has 0 radical (unpaired) electrons. The van der Waals surface area contributed by atoms with Crippen LogP contribution in [0, 0.1) is 12.7 Å². The zero-order chi connectivity index (χ0) is 33.5. The van der Waals surface area contributed by atoms with E-state index in [-0.39, 0.29) is 17.5 Å². The molecule has 1 N–H and O–H groups in total. The van der Waals surface area contributed by atoms with Crippen LogP contribution in [0.5, 0.6) is 5.75 Å². The minimum absolute atomic E-state index is 0.0886. The molecular formula is C38H46FN3O5. The smallest absolute Gasteiger partial charge is 0.337 e. The highest BCUT2D eigenvalue weighted by Gasteiger charge is 2.37. The Morgan fingerprint density at radius 2 is 1.85 bits per heavy atom. The molecule has 4 aromatic rings. The Balaban J connectivity index is 1.53. The zero-order valence-corrected chi connectivity index (χ0v) is 28.3. The molecule has 1 unspecified atom stereocenters. The highest BCUT2D eigenvalue weighted by molar-refractivity contribution is 5.85. The van der Waals surface area contributed by atoms with Gasteiger partial charge in [-0.25, -0.2) is 14.2 Å². The summed E-state index contributed by atoms with van der Waals surface area (Å²) >= 11 is 0. The second-order valence-corrected chi connectivity index (χ2v) is 14.3. The quantitative estimate of drug-likeness (QED) is 0.240. The van der Waals surface area contributed by atoms with E-state index in [0.717, 1.165) is 65.7 Å². The lowest BCUT2D eigenvalue weighted by atomic mass is 9.91. The fraction of sp³-hybridized carbons (Fsp3) is 0.474. The number of carboxylic acid groups (broad SMARTS) is 1. The Kier molecular flexibility index (Phi) is 9.06. The highest BCUT2D eigenvalue weighted by Crippen LogP contribution is 2.41. The summed E-state index contributed by atoms with van der Waals surface area (Å²) in [5.74, 6) is -0.872. The molecule has 3 aliphatic heterocycles. The average molecular weight is 644 g/mol. The molecule has 0 amide bonds. The number of aromatic nitrogens is 2. The van der Waals surface area contributed by atoms with Gasteiger partial charge in [-0.15, -0.1) is 0 Å². The molecule has 7 rings (SSSR count). The molecule has 2 aromatic heterocycles. The van der Waals surface area contributed by atoms with E-state index in [2.05, 4.69) is 11.8 Å². The Morgan fingerprint density at radius 3 is 2.57 bits per heavy atom. The van der Waals surface area contributed by atoms with E-state index in [9.17, 15) is 14.3 Å². The third-order valence-corrected chi connectivity index (χ3v) is 9.25. The van der Waals surface area contributed by atoms with Crippen LogP contribution in [0.15, 0.2) is 54.9 Å². The van der Waals surface area contributed by atoms with Gasteiger partial charge in [0.2, 0.25) is 0 Å². The van der Waals surface area contributed by atoms with Crippen molar-refractivity contribution in [2.75, 3.05) is 24.6 Å². The van der Waals surface area contributed by atoms with Crippen molar-refractivity contribution in [3.63, 3.8) is 0 Å². The summed E-state index contributed by atoms with van der Waals surface area (Å²) < 4.78 is 35.5. The molecule has 0 saturated carbocycles. The first-order valence-corrected chi connectivity index (χ1v) is 16.7. The van der Waals surface area contributed by atoms with Crippen LogP contribution in [-0.2, 0) is 14.3 Å². The van der Waals surface area contributed by atoms with Crippen LogP contribution in [0.3, 0.4) is 0 Å². The second kappa shape index (κ2) is 12.9. The van der Waals surface area contributed by atoms with Gasteiger partial charge in [0.1, 0.15) is 11.6 Å². The number of aliphatic carboxylic acids is 1. The number of aryl methyl sites for hydroxylation is 1. The number of carbonyl (C=O) groups is 1. The molecule has 2 aromatic carbocycles. The SMILES string of the molecule is Cc1cn2cc3nc2c(c1C(OC(C)(C)C)C(=O)O)N1CCC(C)(CC1)OCCCC[C@H](C)Oc1cc(F)ccc1-c1cccc-3c1. The molecule has 1 fully saturated rings. The minimum Gasteiger partial charge on any atom is -0.490 e. The number of carboxylic acids is 1. The van der Waals surface area contributed by atoms with Crippen LogP contribution in [0.1, 0.15) is 84.0 Å². The first-order valence-electron chi connectivity index (χ1n) is 16.7. The summed E-state index contributed by atoms with van der Waals surface area (Å²) in [6.07, 6.45) is 6.91. The predicted octanol–water partition coefficient (Wildman–Crippen LogP) is 8.38. The molecule has 0 aliphatic carbocycles. The molecular weight excluding hydrogens is 597 g/mol. The topological polar surface area (TPSA) is 85.5 Å². The summed E-state index contributed by atoms with van der Waals surface area (Å²) in [6, 6.07) is 12.7. The van der Waals surface area contributed by atoms with Crippen molar-refractivity contribution in [1.29, 1.82) is 0 Å². The Hall–Kier alpha value is -3.95. The minimum atomic E-state index is -1.17. The summed E-state index contributed by atoms with van der Waals surface area (Å²) in [6.45, 7) is 13.8. The molecule has 250 valence electrons. The van der Waals surface area contributed by atoms with E-state index < -0.39 is 17.7 Å². The first-order chi connectivity index (χ1) is 22.3. The van der Waals surface area contributed by atoms with Crippen molar-refractivity contribution in [3.05, 3.63) is 71.8 Å². The number of halogens is 1. The van der Waals surface area contributed by atoms with Gasteiger partial charge in [-0.3, -0.25) is 0 Å². The standard InChI is InChI=1S/C38H46FN3O5/c1-24-22-42-23-30-27-12-9-11-26(20-27)29-14-13-28(39)21-31(29)46-25(2)10-7-8-19-45-38(6)15-17-41(18-16-38)33(35(42)40-30)32(24)34(36(43)44)47-37(3,4)5/h9,11-14,20-23,25,34H,7-8,10,15-19H2,1-6H3,(H,43,44)/t25-,34?/m0/s1. The normalized spacial score (nSPS) is 21.3. The Morgan fingerprint density at radius 1 is 1.11 bits per heavy atom. The van der Waals surface area contributed by atoms with E-state index in [0.29, 0.717) is 36.7 Å². The number of rotatable bonds is 3.